The van der Waals surface area contributed by atoms with E-state index in [2.05, 4.69) is 0 Å². The molecule has 2 rings (SSSR count). The van der Waals surface area contributed by atoms with Gasteiger partial charge in [0.05, 0.1) is 22.6 Å². The lowest BCUT2D eigenvalue weighted by Gasteiger charge is -2.41. The third-order valence-electron chi connectivity index (χ3n) is 5.39. The summed E-state index contributed by atoms with van der Waals surface area (Å²) in [6, 6.07) is 2.42. The number of rotatable bonds is 6. The first-order chi connectivity index (χ1) is 12.1. The third-order valence-corrected chi connectivity index (χ3v) is 5.39. The summed E-state index contributed by atoms with van der Waals surface area (Å²) in [5.41, 5.74) is -0.584. The Hall–Kier alpha value is -2.14. The number of aliphatic hydroxyl groups excluding tert-OH is 1. The van der Waals surface area contributed by atoms with Crippen molar-refractivity contribution in [2.75, 3.05) is 0 Å². The Morgan fingerprint density at radius 1 is 1.19 bits per heavy atom. The number of allylic oxidation sites excluding steroid dienone is 1. The molecule has 0 fully saturated rings. The maximum Gasteiger partial charge on any atom is 0.176 e. The van der Waals surface area contributed by atoms with Gasteiger partial charge in [-0.3, -0.25) is 9.59 Å². The monoisotopic (exact) mass is 360 g/mol. The van der Waals surface area contributed by atoms with E-state index in [1.165, 1.54) is 12.1 Å². The van der Waals surface area contributed by atoms with Crippen molar-refractivity contribution in [2.45, 2.75) is 59.5 Å². The molecule has 3 N–H and O–H groups in total. The maximum absolute atomic E-state index is 13.4. The number of carbonyl (C=O) groups excluding carboxylic acids is 2. The predicted molar refractivity (Wildman–Crippen MR) is 99.6 cm³/mol. The van der Waals surface area contributed by atoms with Crippen LogP contribution < -0.4 is 0 Å². The Morgan fingerprint density at radius 2 is 1.77 bits per heavy atom. The Kier molecular flexibility index (Phi) is 5.91. The lowest BCUT2D eigenvalue weighted by Crippen LogP contribution is -2.48. The molecule has 0 aliphatic heterocycles. The van der Waals surface area contributed by atoms with E-state index < -0.39 is 23.1 Å². The zero-order valence-corrected chi connectivity index (χ0v) is 15.9. The summed E-state index contributed by atoms with van der Waals surface area (Å²) < 4.78 is 0. The smallest absolute Gasteiger partial charge is 0.176 e. The molecule has 0 bridgehead atoms. The van der Waals surface area contributed by atoms with Gasteiger partial charge < -0.3 is 15.3 Å². The van der Waals surface area contributed by atoms with E-state index in [1.807, 2.05) is 33.8 Å². The molecule has 26 heavy (non-hydrogen) atoms. The Bertz CT molecular complexity index is 745. The van der Waals surface area contributed by atoms with Crippen molar-refractivity contribution in [3.8, 4) is 11.5 Å². The molecule has 1 aromatic carbocycles. The number of aromatic hydroxyl groups is 2. The van der Waals surface area contributed by atoms with Gasteiger partial charge in [0.1, 0.15) is 11.5 Å². The summed E-state index contributed by atoms with van der Waals surface area (Å²) >= 11 is 0. The quantitative estimate of drug-likeness (QED) is 0.526. The maximum atomic E-state index is 13.4. The molecule has 1 aliphatic rings. The van der Waals surface area contributed by atoms with E-state index in [4.69, 9.17) is 0 Å². The van der Waals surface area contributed by atoms with Gasteiger partial charge in [-0.1, -0.05) is 31.9 Å². The number of phenols is 2. The van der Waals surface area contributed by atoms with Gasteiger partial charge in [0.15, 0.2) is 11.6 Å². The minimum Gasteiger partial charge on any atom is -0.507 e. The minimum absolute atomic E-state index is 0.120. The van der Waals surface area contributed by atoms with Crippen LogP contribution in [0.2, 0.25) is 0 Å². The van der Waals surface area contributed by atoms with Crippen LogP contribution in [0.25, 0.3) is 0 Å². The lowest BCUT2D eigenvalue weighted by atomic mass is 9.62. The molecule has 1 aliphatic carbocycles. The van der Waals surface area contributed by atoms with Crippen molar-refractivity contribution in [2.24, 2.45) is 11.3 Å². The number of Topliss-reactive ketones (excluding diaryl/α,β-unsaturated/α-hetero) is 2. The highest BCUT2D eigenvalue weighted by Crippen LogP contribution is 2.48. The zero-order valence-electron chi connectivity index (χ0n) is 15.9. The number of aliphatic hydroxyl groups is 1. The second-order valence-corrected chi connectivity index (χ2v) is 7.69. The summed E-state index contributed by atoms with van der Waals surface area (Å²) in [4.78, 5) is 26.2. The summed E-state index contributed by atoms with van der Waals surface area (Å²) in [5, 5.41) is 31.2. The van der Waals surface area contributed by atoms with Gasteiger partial charge in [-0.25, -0.2) is 0 Å². The first kappa shape index (κ1) is 20.2. The van der Waals surface area contributed by atoms with Crippen LogP contribution in [0.15, 0.2) is 23.8 Å². The van der Waals surface area contributed by atoms with Crippen molar-refractivity contribution in [3.05, 3.63) is 34.9 Å². The summed E-state index contributed by atoms with van der Waals surface area (Å²) in [6.07, 6.45) is 2.04. The van der Waals surface area contributed by atoms with Crippen LogP contribution in [0, 0.1) is 11.3 Å². The SMILES string of the molecule is CCC(C)CC1([C@H](O)CC=C(C)C)CC(=O)c2c(O)ccc(O)c2C1=O. The first-order valence-corrected chi connectivity index (χ1v) is 9.08. The highest BCUT2D eigenvalue weighted by atomic mass is 16.3. The summed E-state index contributed by atoms with van der Waals surface area (Å²) in [5.74, 6) is -1.41. The molecule has 0 aromatic heterocycles. The van der Waals surface area contributed by atoms with E-state index in [0.717, 1.165) is 12.0 Å². The zero-order chi connectivity index (χ0) is 19.6. The largest absolute Gasteiger partial charge is 0.507 e. The van der Waals surface area contributed by atoms with Crippen LogP contribution >= 0.6 is 0 Å². The highest BCUT2D eigenvalue weighted by molar-refractivity contribution is 6.19. The van der Waals surface area contributed by atoms with E-state index in [0.29, 0.717) is 6.42 Å². The molecule has 0 amide bonds. The molecule has 0 saturated heterocycles. The molecular formula is C21H28O5. The van der Waals surface area contributed by atoms with Gasteiger partial charge in [-0.15, -0.1) is 0 Å². The van der Waals surface area contributed by atoms with Gasteiger partial charge in [-0.2, -0.15) is 0 Å². The number of fused-ring (bicyclic) bond motifs is 1. The van der Waals surface area contributed by atoms with E-state index in [-0.39, 0.29) is 41.4 Å². The van der Waals surface area contributed by atoms with Gasteiger partial charge in [0.2, 0.25) is 0 Å². The lowest BCUT2D eigenvalue weighted by molar-refractivity contribution is 0.00777. The van der Waals surface area contributed by atoms with Crippen LogP contribution in [0.3, 0.4) is 0 Å². The number of ketones is 2. The second-order valence-electron chi connectivity index (χ2n) is 7.69. The molecule has 2 unspecified atom stereocenters. The molecule has 0 radical (unpaired) electrons. The second kappa shape index (κ2) is 7.62. The fraction of sp³-hybridized carbons (Fsp3) is 0.524. The molecule has 142 valence electrons. The Labute approximate surface area is 154 Å². The fourth-order valence-electron chi connectivity index (χ4n) is 3.71. The summed E-state index contributed by atoms with van der Waals surface area (Å²) in [6.45, 7) is 7.78. The standard InChI is InChI=1S/C21H28O5/c1-5-13(4)10-21(17(25)9-6-12(2)3)11-16(24)18-14(22)7-8-15(23)19(18)20(21)26/h6-8,13,17,22-23,25H,5,9-11H2,1-4H3/t13?,17-,21?/m1/s1. The molecule has 1 aromatic rings. The summed E-state index contributed by atoms with van der Waals surface area (Å²) in [7, 11) is 0. The molecule has 5 nitrogen and oxygen atoms in total. The average molecular weight is 360 g/mol. The Morgan fingerprint density at radius 3 is 2.31 bits per heavy atom. The van der Waals surface area contributed by atoms with Gasteiger partial charge >= 0.3 is 0 Å². The van der Waals surface area contributed by atoms with E-state index in [1.54, 1.807) is 0 Å². The molecule has 0 heterocycles. The third kappa shape index (κ3) is 3.54. The van der Waals surface area contributed by atoms with Crippen LogP contribution in [0.5, 0.6) is 11.5 Å². The first-order valence-electron chi connectivity index (χ1n) is 9.08. The molecular weight excluding hydrogens is 332 g/mol. The van der Waals surface area contributed by atoms with Gasteiger partial charge in [-0.05, 0) is 44.7 Å². The van der Waals surface area contributed by atoms with E-state index in [9.17, 15) is 24.9 Å². The van der Waals surface area contributed by atoms with Crippen molar-refractivity contribution < 1.29 is 24.9 Å². The topological polar surface area (TPSA) is 94.8 Å². The van der Waals surface area contributed by atoms with Gasteiger partial charge in [0.25, 0.3) is 0 Å². The van der Waals surface area contributed by atoms with Crippen LogP contribution in [-0.2, 0) is 0 Å². The molecule has 0 spiro atoms. The average Bonchev–Trinajstić information content (AvgIpc) is 2.58. The number of carbonyl (C=O) groups is 2. The molecule has 5 heteroatoms. The number of phenolic OH excluding ortho intramolecular Hbond substituents is 2. The van der Waals surface area contributed by atoms with Crippen LogP contribution in [-0.4, -0.2) is 33.0 Å². The number of hydrogen-bond donors (Lipinski definition) is 3. The van der Waals surface area contributed by atoms with Crippen molar-refractivity contribution in [3.63, 3.8) is 0 Å². The molecule has 0 saturated carbocycles. The molecule has 3 atom stereocenters. The predicted octanol–water partition coefficient (Wildman–Crippen LogP) is 4.01. The number of hydrogen-bond acceptors (Lipinski definition) is 5. The number of benzene rings is 1. The normalized spacial score (nSPS) is 21.9. The minimum atomic E-state index is -1.29. The highest BCUT2D eigenvalue weighted by Gasteiger charge is 2.52. The Balaban J connectivity index is 2.61. The van der Waals surface area contributed by atoms with Crippen molar-refractivity contribution >= 4 is 11.6 Å². The van der Waals surface area contributed by atoms with Crippen molar-refractivity contribution in [1.82, 2.24) is 0 Å². The van der Waals surface area contributed by atoms with E-state index >= 15 is 0 Å². The van der Waals surface area contributed by atoms with Crippen molar-refractivity contribution in [1.29, 1.82) is 0 Å². The van der Waals surface area contributed by atoms with Gasteiger partial charge in [0, 0.05) is 6.42 Å². The van der Waals surface area contributed by atoms with Crippen LogP contribution in [0.1, 0.15) is 74.1 Å². The fourth-order valence-corrected chi connectivity index (χ4v) is 3.71. The van der Waals surface area contributed by atoms with Crippen LogP contribution in [0.4, 0.5) is 0 Å².